The number of fused-ring (bicyclic) bond motifs is 1. The average molecular weight is 578 g/mol. The summed E-state index contributed by atoms with van der Waals surface area (Å²) in [7, 11) is 1.70. The number of amides is 2. The van der Waals surface area contributed by atoms with Gasteiger partial charge in [0.25, 0.3) is 0 Å². The van der Waals surface area contributed by atoms with Gasteiger partial charge in [0.2, 0.25) is 5.91 Å². The first kappa shape index (κ1) is 31.0. The molecule has 2 aromatic heterocycles. The highest BCUT2D eigenvalue weighted by Crippen LogP contribution is 2.34. The third-order valence-electron chi connectivity index (χ3n) is 7.79. The number of likely N-dealkylation sites (tertiary alicyclic amines) is 1. The van der Waals surface area contributed by atoms with E-state index in [1.54, 1.807) is 36.6 Å². The smallest absolute Gasteiger partial charge is 0.410 e. The van der Waals surface area contributed by atoms with Crippen LogP contribution in [0.2, 0.25) is 0 Å². The molecular weight excluding hydrogens is 534 g/mol. The van der Waals surface area contributed by atoms with Gasteiger partial charge in [0, 0.05) is 44.0 Å². The number of benzene rings is 1. The summed E-state index contributed by atoms with van der Waals surface area (Å²) in [5, 5.41) is 13.8. The lowest BCUT2D eigenvalue weighted by Crippen LogP contribution is -2.53. The molecule has 10 heteroatoms. The lowest BCUT2D eigenvalue weighted by molar-refractivity contribution is -0.135. The van der Waals surface area contributed by atoms with Crippen LogP contribution in [-0.2, 0) is 9.53 Å². The van der Waals surface area contributed by atoms with Crippen LogP contribution in [-0.4, -0.2) is 80.2 Å². The fourth-order valence-electron chi connectivity index (χ4n) is 5.43. The molecule has 1 saturated heterocycles. The Hall–Kier alpha value is -3.92. The first-order valence-electron chi connectivity index (χ1n) is 14.6. The van der Waals surface area contributed by atoms with E-state index in [0.29, 0.717) is 18.5 Å². The van der Waals surface area contributed by atoms with E-state index in [2.05, 4.69) is 10.3 Å². The van der Waals surface area contributed by atoms with E-state index in [1.807, 2.05) is 75.3 Å². The molecule has 0 bridgehead atoms. The second-order valence-electron chi connectivity index (χ2n) is 12.5. The van der Waals surface area contributed by atoms with Crippen molar-refractivity contribution in [1.29, 1.82) is 0 Å². The maximum atomic E-state index is 13.9. The number of carboxylic acids is 1. The minimum absolute atomic E-state index is 0.0181. The minimum atomic E-state index is -0.986. The second kappa shape index (κ2) is 12.5. The van der Waals surface area contributed by atoms with E-state index >= 15 is 0 Å². The van der Waals surface area contributed by atoms with Crippen molar-refractivity contribution in [2.75, 3.05) is 20.1 Å². The number of nitrogens with one attached hydrogen (secondary N) is 1. The van der Waals surface area contributed by atoms with Gasteiger partial charge in [0.1, 0.15) is 5.60 Å². The van der Waals surface area contributed by atoms with Gasteiger partial charge < -0.3 is 29.5 Å². The minimum Gasteiger partial charge on any atom is -0.478 e. The number of aromatic nitrogens is 2. The lowest BCUT2D eigenvalue weighted by atomic mass is 10.0. The molecule has 1 fully saturated rings. The maximum absolute atomic E-state index is 13.9. The Balaban J connectivity index is 1.52. The molecule has 0 saturated carbocycles. The zero-order valence-electron chi connectivity index (χ0n) is 25.6. The van der Waals surface area contributed by atoms with Gasteiger partial charge in [-0.3, -0.25) is 9.78 Å². The normalized spacial score (nSPS) is 17.0. The fraction of sp³-hybridized carbons (Fsp3) is 0.500. The second-order valence-corrected chi connectivity index (χ2v) is 12.5. The van der Waals surface area contributed by atoms with E-state index in [4.69, 9.17) is 4.74 Å². The van der Waals surface area contributed by atoms with Crippen molar-refractivity contribution >= 4 is 28.9 Å². The quantitative estimate of drug-likeness (QED) is 0.356. The highest BCUT2D eigenvalue weighted by Gasteiger charge is 2.36. The summed E-state index contributed by atoms with van der Waals surface area (Å²) in [6.07, 6.45) is 6.41. The molecular formula is C32H43N5O5. The summed E-state index contributed by atoms with van der Waals surface area (Å²) in [6, 6.07) is 8.64. The van der Waals surface area contributed by atoms with Crippen LogP contribution >= 0.6 is 0 Å². The molecule has 1 aromatic carbocycles. The molecule has 4 rings (SSSR count). The highest BCUT2D eigenvalue weighted by molar-refractivity contribution is 6.04. The third-order valence-corrected chi connectivity index (χ3v) is 7.79. The van der Waals surface area contributed by atoms with Crippen LogP contribution in [0.1, 0.15) is 76.3 Å². The van der Waals surface area contributed by atoms with Gasteiger partial charge in [-0.15, -0.1) is 0 Å². The first-order chi connectivity index (χ1) is 19.8. The van der Waals surface area contributed by atoms with E-state index in [1.165, 1.54) is 0 Å². The number of nitrogens with zero attached hydrogens (tertiary/aromatic N) is 4. The van der Waals surface area contributed by atoms with Gasteiger partial charge in [-0.2, -0.15) is 0 Å². The van der Waals surface area contributed by atoms with Gasteiger partial charge in [-0.25, -0.2) is 9.59 Å². The molecule has 3 heterocycles. The number of aromatic carboxylic acids is 1. The number of ether oxygens (including phenoxy) is 1. The highest BCUT2D eigenvalue weighted by atomic mass is 16.6. The summed E-state index contributed by atoms with van der Waals surface area (Å²) in [6.45, 7) is 12.5. The van der Waals surface area contributed by atoms with E-state index in [9.17, 15) is 19.5 Å². The Morgan fingerprint density at radius 2 is 1.88 bits per heavy atom. The number of likely N-dealkylation sites (N-methyl/N-ethyl adjacent to an activating group) is 1. The Bertz CT molecular complexity index is 1440. The van der Waals surface area contributed by atoms with Gasteiger partial charge in [-0.1, -0.05) is 32.0 Å². The monoisotopic (exact) mass is 577 g/mol. The predicted octanol–water partition coefficient (Wildman–Crippen LogP) is 5.26. The molecule has 1 aliphatic rings. The zero-order valence-corrected chi connectivity index (χ0v) is 25.6. The predicted molar refractivity (Wildman–Crippen MR) is 162 cm³/mol. The van der Waals surface area contributed by atoms with Gasteiger partial charge in [-0.05, 0) is 64.2 Å². The number of carboxylic acid groups (broad SMARTS) is 1. The van der Waals surface area contributed by atoms with Crippen LogP contribution in [0.3, 0.4) is 0 Å². The number of hydrogen-bond acceptors (Lipinski definition) is 6. The summed E-state index contributed by atoms with van der Waals surface area (Å²) < 4.78 is 7.34. The molecule has 2 N–H and O–H groups in total. The lowest BCUT2D eigenvalue weighted by Gasteiger charge is -2.33. The van der Waals surface area contributed by atoms with Crippen LogP contribution < -0.4 is 5.32 Å². The molecule has 3 atom stereocenters. The van der Waals surface area contributed by atoms with E-state index in [-0.39, 0.29) is 29.5 Å². The Morgan fingerprint density at radius 1 is 1.17 bits per heavy atom. The Labute approximate surface area is 247 Å². The number of pyridine rings is 1. The molecule has 226 valence electrons. The van der Waals surface area contributed by atoms with Crippen molar-refractivity contribution in [3.05, 3.63) is 60.0 Å². The van der Waals surface area contributed by atoms with Crippen LogP contribution in [0.25, 0.3) is 16.6 Å². The van der Waals surface area contributed by atoms with E-state index in [0.717, 1.165) is 29.6 Å². The largest absolute Gasteiger partial charge is 0.478 e. The van der Waals surface area contributed by atoms with Crippen LogP contribution in [0.4, 0.5) is 4.79 Å². The van der Waals surface area contributed by atoms with Gasteiger partial charge in [0.15, 0.2) is 0 Å². The Kier molecular flexibility index (Phi) is 9.25. The molecule has 0 aliphatic carbocycles. The number of hydrogen-bond donors (Lipinski definition) is 2. The van der Waals surface area contributed by atoms with Crippen LogP contribution in [0.15, 0.2) is 48.9 Å². The molecule has 0 radical (unpaired) electrons. The standard InChI is InChI=1S/C32H43N5O5/c1-20(2)28(34-16-21(3)35(7)31(41)42-32(4,5)6)29(38)36-14-10-13-26(36)22-15-23(18-33-17-22)37-19-25(30(39)40)24-11-8-9-12-27(24)37/h8-9,11-12,15,17-21,26,28,34H,10,13-14,16H2,1-7H3,(H,39,40)/t21-,26-,28-/m0/s1. The molecule has 2 amide bonds. The average Bonchev–Trinajstić information content (AvgIpc) is 3.57. The molecule has 10 nitrogen and oxygen atoms in total. The van der Waals surface area contributed by atoms with Crippen molar-refractivity contribution in [2.24, 2.45) is 5.92 Å². The molecule has 1 aliphatic heterocycles. The zero-order chi connectivity index (χ0) is 30.8. The van der Waals surface area contributed by atoms with Crippen molar-refractivity contribution in [2.45, 2.75) is 78.1 Å². The van der Waals surface area contributed by atoms with Crippen LogP contribution in [0.5, 0.6) is 0 Å². The summed E-state index contributed by atoms with van der Waals surface area (Å²) in [5.74, 6) is -0.937. The SMILES string of the molecule is CC(C)[C@H](NC[C@H](C)N(C)C(=O)OC(C)(C)C)C(=O)N1CCC[C@H]1c1cncc(-n2cc(C(=O)O)c3ccccc32)c1. The van der Waals surface area contributed by atoms with E-state index < -0.39 is 23.7 Å². The molecule has 42 heavy (non-hydrogen) atoms. The van der Waals surface area contributed by atoms with Crippen molar-refractivity contribution in [1.82, 2.24) is 24.7 Å². The van der Waals surface area contributed by atoms with Gasteiger partial charge in [0.05, 0.1) is 35.0 Å². The third kappa shape index (κ3) is 6.75. The number of rotatable bonds is 9. The molecule has 3 aromatic rings. The topological polar surface area (TPSA) is 117 Å². The Morgan fingerprint density at radius 3 is 2.55 bits per heavy atom. The number of carbonyl (C=O) groups excluding carboxylic acids is 2. The summed E-state index contributed by atoms with van der Waals surface area (Å²) >= 11 is 0. The molecule has 0 spiro atoms. The fourth-order valence-corrected chi connectivity index (χ4v) is 5.43. The number of para-hydroxylation sites is 1. The number of carbonyl (C=O) groups is 3. The molecule has 0 unspecified atom stereocenters. The van der Waals surface area contributed by atoms with Gasteiger partial charge >= 0.3 is 12.1 Å². The maximum Gasteiger partial charge on any atom is 0.410 e. The van der Waals surface area contributed by atoms with Crippen molar-refractivity contribution in [3.8, 4) is 5.69 Å². The van der Waals surface area contributed by atoms with Crippen LogP contribution in [0, 0.1) is 5.92 Å². The summed E-state index contributed by atoms with van der Waals surface area (Å²) in [4.78, 5) is 46.3. The van der Waals surface area contributed by atoms with Crippen molar-refractivity contribution in [3.63, 3.8) is 0 Å². The summed E-state index contributed by atoms with van der Waals surface area (Å²) in [5.41, 5.74) is 2.08. The van der Waals surface area contributed by atoms with Crippen molar-refractivity contribution < 1.29 is 24.2 Å². The first-order valence-corrected chi connectivity index (χ1v) is 14.6.